The van der Waals surface area contributed by atoms with Crippen LogP contribution < -0.4 is 11.1 Å². The fourth-order valence-corrected chi connectivity index (χ4v) is 1.97. The van der Waals surface area contributed by atoms with Crippen LogP contribution in [0, 0.1) is 5.92 Å². The molecule has 100 valence electrons. The summed E-state index contributed by atoms with van der Waals surface area (Å²) in [6.07, 6.45) is 2.12. The lowest BCUT2D eigenvalue weighted by Crippen LogP contribution is -2.40. The Kier molecular flexibility index (Phi) is 5.86. The first-order valence-electron chi connectivity index (χ1n) is 6.65. The number of benzene rings is 1. The molecule has 0 aromatic heterocycles. The number of carbonyl (C=O) groups is 1. The van der Waals surface area contributed by atoms with Crippen LogP contribution in [0.2, 0.25) is 0 Å². The molecule has 0 aliphatic heterocycles. The van der Waals surface area contributed by atoms with Crippen molar-refractivity contribution in [1.82, 2.24) is 5.32 Å². The zero-order valence-corrected chi connectivity index (χ0v) is 11.5. The second-order valence-corrected chi connectivity index (χ2v) is 5.05. The van der Waals surface area contributed by atoms with Gasteiger partial charge in [0.1, 0.15) is 6.04 Å². The number of nitrogens with one attached hydrogen (secondary N) is 1. The third kappa shape index (κ3) is 4.49. The summed E-state index contributed by atoms with van der Waals surface area (Å²) in [5.74, 6) is 0.519. The molecule has 0 saturated carbocycles. The molecule has 0 radical (unpaired) electrons. The minimum Gasteiger partial charge on any atom is -0.352 e. The molecule has 0 saturated heterocycles. The van der Waals surface area contributed by atoms with Crippen molar-refractivity contribution in [2.24, 2.45) is 11.7 Å². The van der Waals surface area contributed by atoms with Crippen LogP contribution in [0.25, 0.3) is 0 Å². The topological polar surface area (TPSA) is 55.1 Å². The average molecular weight is 248 g/mol. The summed E-state index contributed by atoms with van der Waals surface area (Å²) in [5.41, 5.74) is 6.79. The van der Waals surface area contributed by atoms with Crippen LogP contribution in [0.1, 0.15) is 45.2 Å². The van der Waals surface area contributed by atoms with Crippen molar-refractivity contribution < 1.29 is 4.79 Å². The molecule has 1 amide bonds. The van der Waals surface area contributed by atoms with Crippen LogP contribution in [0.15, 0.2) is 30.3 Å². The molecule has 3 unspecified atom stereocenters. The fraction of sp³-hybridized carbons (Fsp3) is 0.533. The van der Waals surface area contributed by atoms with E-state index in [9.17, 15) is 4.79 Å². The Labute approximate surface area is 110 Å². The summed E-state index contributed by atoms with van der Waals surface area (Å²) >= 11 is 0. The monoisotopic (exact) mass is 248 g/mol. The Hall–Kier alpha value is -1.35. The van der Waals surface area contributed by atoms with E-state index in [2.05, 4.69) is 19.2 Å². The van der Waals surface area contributed by atoms with Gasteiger partial charge in [-0.1, -0.05) is 50.6 Å². The molecule has 0 fully saturated rings. The molecule has 0 spiro atoms. The first-order chi connectivity index (χ1) is 8.54. The van der Waals surface area contributed by atoms with E-state index < -0.39 is 6.04 Å². The first kappa shape index (κ1) is 14.7. The summed E-state index contributed by atoms with van der Waals surface area (Å²) in [6, 6.07) is 9.05. The molecule has 1 aromatic rings. The molecule has 1 aromatic carbocycles. The highest BCUT2D eigenvalue weighted by Gasteiger charge is 2.18. The van der Waals surface area contributed by atoms with Gasteiger partial charge in [-0.2, -0.15) is 0 Å². The van der Waals surface area contributed by atoms with E-state index in [1.807, 2.05) is 37.3 Å². The van der Waals surface area contributed by atoms with Crippen LogP contribution in [-0.2, 0) is 4.79 Å². The van der Waals surface area contributed by atoms with Gasteiger partial charge in [-0.15, -0.1) is 0 Å². The van der Waals surface area contributed by atoms with Crippen molar-refractivity contribution in [3.63, 3.8) is 0 Å². The van der Waals surface area contributed by atoms with Gasteiger partial charge >= 0.3 is 0 Å². The molecule has 1 rings (SSSR count). The van der Waals surface area contributed by atoms with E-state index in [1.165, 1.54) is 0 Å². The van der Waals surface area contributed by atoms with E-state index in [4.69, 9.17) is 5.73 Å². The number of carbonyl (C=O) groups excluding carboxylic acids is 1. The highest BCUT2D eigenvalue weighted by molar-refractivity contribution is 5.83. The lowest BCUT2D eigenvalue weighted by atomic mass is 9.99. The Morgan fingerprint density at radius 2 is 1.89 bits per heavy atom. The van der Waals surface area contributed by atoms with Gasteiger partial charge in [0.05, 0.1) is 0 Å². The third-order valence-corrected chi connectivity index (χ3v) is 3.28. The van der Waals surface area contributed by atoms with E-state index >= 15 is 0 Å². The summed E-state index contributed by atoms with van der Waals surface area (Å²) in [6.45, 7) is 6.39. The maximum atomic E-state index is 12.0. The van der Waals surface area contributed by atoms with Crippen molar-refractivity contribution in [2.75, 3.05) is 0 Å². The maximum absolute atomic E-state index is 12.0. The molecule has 3 atom stereocenters. The third-order valence-electron chi connectivity index (χ3n) is 3.28. The summed E-state index contributed by atoms with van der Waals surface area (Å²) in [4.78, 5) is 12.0. The first-order valence-corrected chi connectivity index (χ1v) is 6.65. The average Bonchev–Trinajstić information content (AvgIpc) is 2.38. The smallest absolute Gasteiger partial charge is 0.241 e. The second-order valence-electron chi connectivity index (χ2n) is 5.05. The van der Waals surface area contributed by atoms with Crippen molar-refractivity contribution in [2.45, 2.75) is 45.7 Å². The van der Waals surface area contributed by atoms with Gasteiger partial charge in [-0.25, -0.2) is 0 Å². The zero-order chi connectivity index (χ0) is 13.5. The quantitative estimate of drug-likeness (QED) is 0.813. The van der Waals surface area contributed by atoms with Gasteiger partial charge in [0, 0.05) is 6.04 Å². The van der Waals surface area contributed by atoms with Crippen LogP contribution >= 0.6 is 0 Å². The lowest BCUT2D eigenvalue weighted by molar-refractivity contribution is -0.123. The van der Waals surface area contributed by atoms with Gasteiger partial charge in [0.2, 0.25) is 5.91 Å². The van der Waals surface area contributed by atoms with Gasteiger partial charge < -0.3 is 11.1 Å². The molecule has 18 heavy (non-hydrogen) atoms. The van der Waals surface area contributed by atoms with Gasteiger partial charge in [-0.05, 0) is 24.8 Å². The molecular weight excluding hydrogens is 224 g/mol. The largest absolute Gasteiger partial charge is 0.352 e. The van der Waals surface area contributed by atoms with Gasteiger partial charge in [0.15, 0.2) is 0 Å². The molecule has 3 heteroatoms. The normalized spacial score (nSPS) is 15.8. The molecule has 3 nitrogen and oxygen atoms in total. The minimum absolute atomic E-state index is 0.1000. The van der Waals surface area contributed by atoms with Crippen LogP contribution in [0.3, 0.4) is 0 Å². The van der Waals surface area contributed by atoms with Crippen molar-refractivity contribution in [3.05, 3.63) is 35.9 Å². The fourth-order valence-electron chi connectivity index (χ4n) is 1.97. The molecular formula is C15H24N2O. The van der Waals surface area contributed by atoms with E-state index in [1.54, 1.807) is 0 Å². The van der Waals surface area contributed by atoms with Gasteiger partial charge in [-0.3, -0.25) is 4.79 Å². The van der Waals surface area contributed by atoms with E-state index in [0.717, 1.165) is 18.4 Å². The molecule has 3 N–H and O–H groups in total. The minimum atomic E-state index is -0.578. The van der Waals surface area contributed by atoms with Crippen molar-refractivity contribution in [3.8, 4) is 0 Å². The molecule has 0 bridgehead atoms. The summed E-state index contributed by atoms with van der Waals surface area (Å²) < 4.78 is 0. The highest BCUT2D eigenvalue weighted by Crippen LogP contribution is 2.12. The molecule has 0 heterocycles. The standard InChI is InChI=1S/C15H24N2O/c1-4-11(2)10-12(3)17-15(18)14(16)13-8-6-5-7-9-13/h5-9,11-12,14H,4,10,16H2,1-3H3,(H,17,18). The zero-order valence-electron chi connectivity index (χ0n) is 11.5. The molecule has 0 aliphatic carbocycles. The van der Waals surface area contributed by atoms with Crippen LogP contribution in [0.4, 0.5) is 0 Å². The van der Waals surface area contributed by atoms with Crippen molar-refractivity contribution >= 4 is 5.91 Å². The number of amides is 1. The van der Waals surface area contributed by atoms with Crippen molar-refractivity contribution in [1.29, 1.82) is 0 Å². The Balaban J connectivity index is 2.50. The summed E-state index contributed by atoms with van der Waals surface area (Å²) in [7, 11) is 0. The number of hydrogen-bond acceptors (Lipinski definition) is 2. The lowest BCUT2D eigenvalue weighted by Gasteiger charge is -2.20. The summed E-state index contributed by atoms with van der Waals surface area (Å²) in [5, 5.41) is 2.98. The Bertz CT molecular complexity index is 364. The Morgan fingerprint density at radius 3 is 2.44 bits per heavy atom. The predicted octanol–water partition coefficient (Wildman–Crippen LogP) is 2.63. The number of hydrogen-bond donors (Lipinski definition) is 2. The number of nitrogens with two attached hydrogens (primary N) is 1. The van der Waals surface area contributed by atoms with Crippen LogP contribution in [-0.4, -0.2) is 11.9 Å². The Morgan fingerprint density at radius 1 is 1.28 bits per heavy atom. The maximum Gasteiger partial charge on any atom is 0.241 e. The number of rotatable bonds is 6. The van der Waals surface area contributed by atoms with Gasteiger partial charge in [0.25, 0.3) is 0 Å². The second kappa shape index (κ2) is 7.17. The van der Waals surface area contributed by atoms with E-state index in [0.29, 0.717) is 5.92 Å². The molecule has 0 aliphatic rings. The predicted molar refractivity (Wildman–Crippen MR) is 75.0 cm³/mol. The van der Waals surface area contributed by atoms with E-state index in [-0.39, 0.29) is 11.9 Å². The SMILES string of the molecule is CCC(C)CC(C)NC(=O)C(N)c1ccccc1. The van der Waals surface area contributed by atoms with Crippen LogP contribution in [0.5, 0.6) is 0 Å². The highest BCUT2D eigenvalue weighted by atomic mass is 16.2.